The lowest BCUT2D eigenvalue weighted by Crippen LogP contribution is -2.46. The molecular formula is C8H17ClN2O2S. The van der Waals surface area contributed by atoms with Crippen molar-refractivity contribution in [1.29, 1.82) is 0 Å². The second kappa shape index (κ2) is 7.34. The molecule has 1 atom stereocenters. The number of carbonyl (C=O) groups excluding carboxylic acids is 1. The quantitative estimate of drug-likeness (QED) is 0.752. The van der Waals surface area contributed by atoms with Gasteiger partial charge in [-0.15, -0.1) is 12.4 Å². The van der Waals surface area contributed by atoms with E-state index in [1.807, 2.05) is 16.7 Å². The summed E-state index contributed by atoms with van der Waals surface area (Å²) >= 11 is 1.88. The molecule has 6 heteroatoms. The number of carbonyl (C=O) groups is 1. The zero-order valence-electron chi connectivity index (χ0n) is 8.27. The zero-order chi connectivity index (χ0) is 9.68. The van der Waals surface area contributed by atoms with Crippen LogP contribution in [0.4, 0.5) is 0 Å². The summed E-state index contributed by atoms with van der Waals surface area (Å²) in [4.78, 5) is 13.5. The van der Waals surface area contributed by atoms with Crippen LogP contribution in [0, 0.1) is 0 Å². The first-order valence-corrected chi connectivity index (χ1v) is 5.54. The predicted molar refractivity (Wildman–Crippen MR) is 61.0 cm³/mol. The molecular weight excluding hydrogens is 224 g/mol. The fourth-order valence-electron chi connectivity index (χ4n) is 1.29. The molecule has 14 heavy (non-hydrogen) atoms. The van der Waals surface area contributed by atoms with Crippen LogP contribution >= 0.6 is 24.2 Å². The summed E-state index contributed by atoms with van der Waals surface area (Å²) in [5.41, 5.74) is 5.41. The Labute approximate surface area is 94.9 Å². The molecule has 0 aromatic rings. The van der Waals surface area contributed by atoms with Gasteiger partial charge >= 0.3 is 0 Å². The van der Waals surface area contributed by atoms with Gasteiger partial charge in [-0.1, -0.05) is 0 Å². The van der Waals surface area contributed by atoms with Crippen molar-refractivity contribution < 1.29 is 9.53 Å². The maximum Gasteiger partial charge on any atom is 0.253 e. The van der Waals surface area contributed by atoms with Gasteiger partial charge in [-0.3, -0.25) is 4.79 Å². The fraction of sp³-hybridized carbons (Fsp3) is 0.875. The molecule has 4 nitrogen and oxygen atoms in total. The summed E-state index contributed by atoms with van der Waals surface area (Å²) in [5, 5.41) is 0. The van der Waals surface area contributed by atoms with E-state index in [0.29, 0.717) is 0 Å². The molecule has 1 heterocycles. The smallest absolute Gasteiger partial charge is 0.253 e. The maximum atomic E-state index is 11.7. The Morgan fingerprint density at radius 2 is 2.14 bits per heavy atom. The first-order valence-electron chi connectivity index (χ1n) is 4.39. The SMILES string of the molecule is COC(CN)C(=O)N1CCSCC1.Cl. The molecule has 1 fully saturated rings. The third-order valence-corrected chi connectivity index (χ3v) is 3.04. The maximum absolute atomic E-state index is 11.7. The summed E-state index contributed by atoms with van der Waals surface area (Å²) in [6.45, 7) is 1.91. The summed E-state index contributed by atoms with van der Waals surface area (Å²) in [6, 6.07) is 0. The minimum absolute atomic E-state index is 0. The molecule has 1 unspecified atom stereocenters. The molecule has 84 valence electrons. The van der Waals surface area contributed by atoms with Gasteiger partial charge in [0.2, 0.25) is 0 Å². The van der Waals surface area contributed by atoms with Crippen LogP contribution < -0.4 is 5.73 Å². The van der Waals surface area contributed by atoms with E-state index in [9.17, 15) is 4.79 Å². The highest BCUT2D eigenvalue weighted by molar-refractivity contribution is 7.99. The van der Waals surface area contributed by atoms with Crippen LogP contribution in [0.5, 0.6) is 0 Å². The lowest BCUT2D eigenvalue weighted by Gasteiger charge is -2.29. The number of hydrogen-bond donors (Lipinski definition) is 1. The number of methoxy groups -OCH3 is 1. The minimum atomic E-state index is -0.455. The van der Waals surface area contributed by atoms with E-state index in [2.05, 4.69) is 0 Å². The number of ether oxygens (including phenoxy) is 1. The number of halogens is 1. The zero-order valence-corrected chi connectivity index (χ0v) is 9.90. The summed E-state index contributed by atoms with van der Waals surface area (Å²) < 4.78 is 4.99. The molecule has 1 amide bonds. The van der Waals surface area contributed by atoms with Crippen molar-refractivity contribution in [2.45, 2.75) is 6.10 Å². The van der Waals surface area contributed by atoms with E-state index in [1.54, 1.807) is 0 Å². The van der Waals surface area contributed by atoms with Crippen molar-refractivity contribution in [3.8, 4) is 0 Å². The van der Waals surface area contributed by atoms with Gasteiger partial charge in [0.05, 0.1) is 0 Å². The van der Waals surface area contributed by atoms with E-state index in [1.165, 1.54) is 7.11 Å². The summed E-state index contributed by atoms with van der Waals surface area (Å²) in [5.74, 6) is 2.07. The second-order valence-electron chi connectivity index (χ2n) is 2.90. The molecule has 1 rings (SSSR count). The van der Waals surface area contributed by atoms with Gasteiger partial charge in [-0.25, -0.2) is 0 Å². The highest BCUT2D eigenvalue weighted by Gasteiger charge is 2.23. The molecule has 1 aliphatic heterocycles. The van der Waals surface area contributed by atoms with Gasteiger partial charge in [0.25, 0.3) is 5.91 Å². The van der Waals surface area contributed by atoms with Crippen molar-refractivity contribution >= 4 is 30.1 Å². The van der Waals surface area contributed by atoms with Crippen molar-refractivity contribution in [2.75, 3.05) is 38.2 Å². The predicted octanol–water partition coefficient (Wildman–Crippen LogP) is -0.0427. The fourth-order valence-corrected chi connectivity index (χ4v) is 2.19. The number of hydrogen-bond acceptors (Lipinski definition) is 4. The topological polar surface area (TPSA) is 55.6 Å². The molecule has 2 N–H and O–H groups in total. The van der Waals surface area contributed by atoms with Crippen LogP contribution in [0.2, 0.25) is 0 Å². The molecule has 0 radical (unpaired) electrons. The highest BCUT2D eigenvalue weighted by atomic mass is 35.5. The number of thioether (sulfide) groups is 1. The lowest BCUT2D eigenvalue weighted by atomic mass is 10.3. The Bertz CT molecular complexity index is 173. The first kappa shape index (κ1) is 14.0. The van der Waals surface area contributed by atoms with Crippen molar-refractivity contribution in [1.82, 2.24) is 4.90 Å². The lowest BCUT2D eigenvalue weighted by molar-refractivity contribution is -0.140. The van der Waals surface area contributed by atoms with Gasteiger partial charge < -0.3 is 15.4 Å². The summed E-state index contributed by atoms with van der Waals surface area (Å²) in [6.07, 6.45) is -0.455. The molecule has 0 saturated carbocycles. The van der Waals surface area contributed by atoms with Crippen LogP contribution in [0.3, 0.4) is 0 Å². The van der Waals surface area contributed by atoms with E-state index >= 15 is 0 Å². The summed E-state index contributed by atoms with van der Waals surface area (Å²) in [7, 11) is 1.52. The van der Waals surface area contributed by atoms with Crippen molar-refractivity contribution in [3.05, 3.63) is 0 Å². The van der Waals surface area contributed by atoms with Gasteiger partial charge in [0, 0.05) is 38.2 Å². The van der Waals surface area contributed by atoms with Gasteiger partial charge in [0.15, 0.2) is 0 Å². The Balaban J connectivity index is 0.00000169. The molecule has 1 aliphatic rings. The molecule has 0 spiro atoms. The largest absolute Gasteiger partial charge is 0.370 e. The number of rotatable bonds is 3. The van der Waals surface area contributed by atoms with E-state index < -0.39 is 6.10 Å². The number of nitrogens with zero attached hydrogens (tertiary/aromatic N) is 1. The van der Waals surface area contributed by atoms with Crippen LogP contribution in [-0.2, 0) is 9.53 Å². The van der Waals surface area contributed by atoms with Gasteiger partial charge in [-0.2, -0.15) is 11.8 Å². The monoisotopic (exact) mass is 240 g/mol. The average Bonchev–Trinajstić information content (AvgIpc) is 2.21. The number of amides is 1. The van der Waals surface area contributed by atoms with Crippen molar-refractivity contribution in [3.63, 3.8) is 0 Å². The molecule has 0 aromatic carbocycles. The van der Waals surface area contributed by atoms with E-state index in [4.69, 9.17) is 10.5 Å². The Morgan fingerprint density at radius 1 is 1.57 bits per heavy atom. The first-order chi connectivity index (χ1) is 6.29. The number of nitrogens with two attached hydrogens (primary N) is 1. The van der Waals surface area contributed by atoms with Crippen LogP contribution in [0.1, 0.15) is 0 Å². The van der Waals surface area contributed by atoms with E-state index in [-0.39, 0.29) is 24.9 Å². The highest BCUT2D eigenvalue weighted by Crippen LogP contribution is 2.10. The molecule has 0 bridgehead atoms. The van der Waals surface area contributed by atoms with Gasteiger partial charge in [0.1, 0.15) is 6.10 Å². The van der Waals surface area contributed by atoms with Crippen LogP contribution in [0.25, 0.3) is 0 Å². The van der Waals surface area contributed by atoms with E-state index in [0.717, 1.165) is 24.6 Å². The Hall–Kier alpha value is 0.0300. The van der Waals surface area contributed by atoms with Crippen LogP contribution in [-0.4, -0.2) is 55.2 Å². The molecule has 0 aromatic heterocycles. The Kier molecular flexibility index (Phi) is 7.35. The second-order valence-corrected chi connectivity index (χ2v) is 4.12. The third-order valence-electron chi connectivity index (χ3n) is 2.10. The van der Waals surface area contributed by atoms with Crippen molar-refractivity contribution in [2.24, 2.45) is 5.73 Å². The van der Waals surface area contributed by atoms with Crippen LogP contribution in [0.15, 0.2) is 0 Å². The third kappa shape index (κ3) is 3.65. The molecule has 1 saturated heterocycles. The molecule has 0 aliphatic carbocycles. The standard InChI is InChI=1S/C8H16N2O2S.ClH/c1-12-7(6-9)8(11)10-2-4-13-5-3-10;/h7H,2-6,9H2,1H3;1H. The Morgan fingerprint density at radius 3 is 2.57 bits per heavy atom. The van der Waals surface area contributed by atoms with Gasteiger partial charge in [-0.05, 0) is 0 Å². The normalized spacial score (nSPS) is 18.6. The minimum Gasteiger partial charge on any atom is -0.370 e. The average molecular weight is 241 g/mol.